The molecular formula is C13H15NO4. The second-order valence-corrected chi connectivity index (χ2v) is 4.32. The van der Waals surface area contributed by atoms with Crippen molar-refractivity contribution in [3.05, 3.63) is 23.8 Å². The van der Waals surface area contributed by atoms with E-state index in [2.05, 4.69) is 5.32 Å². The Morgan fingerprint density at radius 3 is 2.50 bits per heavy atom. The zero-order valence-corrected chi connectivity index (χ0v) is 10.4. The molecule has 1 aromatic rings. The van der Waals surface area contributed by atoms with Gasteiger partial charge < -0.3 is 14.8 Å². The lowest BCUT2D eigenvalue weighted by molar-refractivity contribution is -0.117. The Bertz CT molecular complexity index is 482. The van der Waals surface area contributed by atoms with E-state index in [0.29, 0.717) is 30.3 Å². The van der Waals surface area contributed by atoms with Crippen molar-refractivity contribution < 1.29 is 19.1 Å². The molecule has 0 saturated carbocycles. The quantitative estimate of drug-likeness (QED) is 0.645. The lowest BCUT2D eigenvalue weighted by atomic mass is 10.1. The SMILES string of the molecule is CC(C)NC(=O)C(=O)c1ccc2c(c1)OCCO2. The van der Waals surface area contributed by atoms with Crippen molar-refractivity contribution in [2.75, 3.05) is 13.2 Å². The molecule has 0 bridgehead atoms. The van der Waals surface area contributed by atoms with Gasteiger partial charge in [0.25, 0.3) is 5.91 Å². The predicted molar refractivity (Wildman–Crippen MR) is 65.0 cm³/mol. The molecule has 18 heavy (non-hydrogen) atoms. The zero-order chi connectivity index (χ0) is 13.1. The van der Waals surface area contributed by atoms with Crippen LogP contribution in [0.15, 0.2) is 18.2 Å². The number of rotatable bonds is 3. The van der Waals surface area contributed by atoms with Gasteiger partial charge in [0, 0.05) is 11.6 Å². The van der Waals surface area contributed by atoms with E-state index in [4.69, 9.17) is 9.47 Å². The highest BCUT2D eigenvalue weighted by Gasteiger charge is 2.20. The number of fused-ring (bicyclic) bond motifs is 1. The third-order valence-electron chi connectivity index (χ3n) is 2.43. The molecule has 1 amide bonds. The number of hydrogen-bond acceptors (Lipinski definition) is 4. The highest BCUT2D eigenvalue weighted by Crippen LogP contribution is 2.30. The van der Waals surface area contributed by atoms with Crippen molar-refractivity contribution in [3.63, 3.8) is 0 Å². The van der Waals surface area contributed by atoms with Gasteiger partial charge in [0.05, 0.1) is 0 Å². The average molecular weight is 249 g/mol. The van der Waals surface area contributed by atoms with Crippen LogP contribution in [0.4, 0.5) is 0 Å². The number of carbonyl (C=O) groups is 2. The lowest BCUT2D eigenvalue weighted by Gasteiger charge is -2.18. The molecule has 1 aliphatic rings. The van der Waals surface area contributed by atoms with Gasteiger partial charge in [-0.3, -0.25) is 9.59 Å². The van der Waals surface area contributed by atoms with Crippen LogP contribution in [0.1, 0.15) is 24.2 Å². The molecule has 1 aromatic carbocycles. The molecule has 0 saturated heterocycles. The van der Waals surface area contributed by atoms with Crippen LogP contribution >= 0.6 is 0 Å². The minimum absolute atomic E-state index is 0.0707. The van der Waals surface area contributed by atoms with Crippen molar-refractivity contribution in [2.24, 2.45) is 0 Å². The molecule has 96 valence electrons. The Hall–Kier alpha value is -2.04. The highest BCUT2D eigenvalue weighted by atomic mass is 16.6. The van der Waals surface area contributed by atoms with Crippen molar-refractivity contribution in [1.29, 1.82) is 0 Å². The van der Waals surface area contributed by atoms with Crippen LogP contribution < -0.4 is 14.8 Å². The maximum atomic E-state index is 11.9. The van der Waals surface area contributed by atoms with Crippen LogP contribution in [-0.4, -0.2) is 30.9 Å². The van der Waals surface area contributed by atoms with E-state index in [1.54, 1.807) is 26.0 Å². The fraction of sp³-hybridized carbons (Fsp3) is 0.385. The molecule has 1 N–H and O–H groups in total. The number of ketones is 1. The summed E-state index contributed by atoms with van der Waals surface area (Å²) in [6.45, 7) is 4.54. The van der Waals surface area contributed by atoms with Gasteiger partial charge in [0.15, 0.2) is 11.5 Å². The van der Waals surface area contributed by atoms with E-state index in [1.165, 1.54) is 6.07 Å². The van der Waals surface area contributed by atoms with E-state index in [0.717, 1.165) is 0 Å². The molecule has 0 fully saturated rings. The number of Topliss-reactive ketones (excluding diaryl/α,β-unsaturated/α-hetero) is 1. The fourth-order valence-corrected chi connectivity index (χ4v) is 1.64. The first-order valence-corrected chi connectivity index (χ1v) is 5.83. The Morgan fingerprint density at radius 1 is 1.17 bits per heavy atom. The van der Waals surface area contributed by atoms with Gasteiger partial charge in [0.2, 0.25) is 5.78 Å². The van der Waals surface area contributed by atoms with Crippen LogP contribution in [0.2, 0.25) is 0 Å². The van der Waals surface area contributed by atoms with Crippen LogP contribution in [0, 0.1) is 0 Å². The minimum atomic E-state index is -0.610. The molecule has 0 radical (unpaired) electrons. The summed E-state index contributed by atoms with van der Waals surface area (Å²) in [6.07, 6.45) is 0. The van der Waals surface area contributed by atoms with Gasteiger partial charge in [-0.05, 0) is 32.0 Å². The van der Waals surface area contributed by atoms with E-state index < -0.39 is 11.7 Å². The monoisotopic (exact) mass is 249 g/mol. The third kappa shape index (κ3) is 2.61. The van der Waals surface area contributed by atoms with Crippen molar-refractivity contribution in [3.8, 4) is 11.5 Å². The Kier molecular flexibility index (Phi) is 3.50. The van der Waals surface area contributed by atoms with Gasteiger partial charge in [0.1, 0.15) is 13.2 Å². The van der Waals surface area contributed by atoms with E-state index in [-0.39, 0.29) is 6.04 Å². The van der Waals surface area contributed by atoms with Crippen LogP contribution in [0.5, 0.6) is 11.5 Å². The van der Waals surface area contributed by atoms with Gasteiger partial charge in [-0.25, -0.2) is 0 Å². The highest BCUT2D eigenvalue weighted by molar-refractivity contribution is 6.42. The number of benzene rings is 1. The molecule has 0 unspecified atom stereocenters. The van der Waals surface area contributed by atoms with Gasteiger partial charge >= 0.3 is 0 Å². The van der Waals surface area contributed by atoms with Crippen LogP contribution in [-0.2, 0) is 4.79 Å². The van der Waals surface area contributed by atoms with Gasteiger partial charge in [-0.2, -0.15) is 0 Å². The van der Waals surface area contributed by atoms with E-state index in [1.807, 2.05) is 0 Å². The standard InChI is InChI=1S/C13H15NO4/c1-8(2)14-13(16)12(15)9-3-4-10-11(7-9)18-6-5-17-10/h3-4,7-8H,5-6H2,1-2H3,(H,14,16). The Balaban J connectivity index is 2.18. The molecular weight excluding hydrogens is 234 g/mol. The summed E-state index contributed by atoms with van der Waals surface area (Å²) in [4.78, 5) is 23.4. The summed E-state index contributed by atoms with van der Waals surface area (Å²) < 4.78 is 10.7. The first-order chi connectivity index (χ1) is 8.58. The lowest BCUT2D eigenvalue weighted by Crippen LogP contribution is -2.36. The zero-order valence-electron chi connectivity index (χ0n) is 10.4. The molecule has 2 rings (SSSR count). The van der Waals surface area contributed by atoms with Crippen molar-refractivity contribution in [2.45, 2.75) is 19.9 Å². The van der Waals surface area contributed by atoms with Crippen LogP contribution in [0.25, 0.3) is 0 Å². The number of amides is 1. The molecule has 5 nitrogen and oxygen atoms in total. The smallest absolute Gasteiger partial charge is 0.292 e. The van der Waals surface area contributed by atoms with Gasteiger partial charge in [-0.1, -0.05) is 0 Å². The molecule has 0 atom stereocenters. The average Bonchev–Trinajstić information content (AvgIpc) is 2.36. The first-order valence-electron chi connectivity index (χ1n) is 5.83. The fourth-order valence-electron chi connectivity index (χ4n) is 1.64. The maximum Gasteiger partial charge on any atom is 0.292 e. The number of nitrogens with one attached hydrogen (secondary N) is 1. The summed E-state index contributed by atoms with van der Waals surface area (Å²) in [6, 6.07) is 4.68. The van der Waals surface area contributed by atoms with E-state index in [9.17, 15) is 9.59 Å². The van der Waals surface area contributed by atoms with Crippen molar-refractivity contribution >= 4 is 11.7 Å². The topological polar surface area (TPSA) is 64.6 Å². The van der Waals surface area contributed by atoms with Gasteiger partial charge in [-0.15, -0.1) is 0 Å². The molecule has 0 aromatic heterocycles. The molecule has 1 heterocycles. The minimum Gasteiger partial charge on any atom is -0.486 e. The largest absolute Gasteiger partial charge is 0.486 e. The van der Waals surface area contributed by atoms with Crippen LogP contribution in [0.3, 0.4) is 0 Å². The summed E-state index contributed by atoms with van der Waals surface area (Å²) in [5.41, 5.74) is 0.303. The summed E-state index contributed by atoms with van der Waals surface area (Å²) in [5, 5.41) is 2.56. The second kappa shape index (κ2) is 5.08. The second-order valence-electron chi connectivity index (χ2n) is 4.32. The summed E-state index contributed by atoms with van der Waals surface area (Å²) >= 11 is 0. The van der Waals surface area contributed by atoms with Crippen molar-refractivity contribution in [1.82, 2.24) is 5.32 Å². The summed E-state index contributed by atoms with van der Waals surface area (Å²) in [5.74, 6) is -0.0751. The molecule has 5 heteroatoms. The maximum absolute atomic E-state index is 11.9. The Morgan fingerprint density at radius 2 is 1.83 bits per heavy atom. The number of hydrogen-bond donors (Lipinski definition) is 1. The normalized spacial score (nSPS) is 13.3. The third-order valence-corrected chi connectivity index (χ3v) is 2.43. The first kappa shape index (κ1) is 12.4. The summed E-state index contributed by atoms with van der Waals surface area (Å²) in [7, 11) is 0. The molecule has 0 aliphatic carbocycles. The number of carbonyl (C=O) groups excluding carboxylic acids is 2. The number of ether oxygens (including phenoxy) is 2. The predicted octanol–water partition coefficient (Wildman–Crippen LogP) is 1.17. The molecule has 0 spiro atoms. The molecule has 1 aliphatic heterocycles. The Labute approximate surface area is 105 Å². The van der Waals surface area contributed by atoms with E-state index >= 15 is 0 Å².